The van der Waals surface area contributed by atoms with E-state index in [0.717, 1.165) is 51.4 Å². The Morgan fingerprint density at radius 3 is 1.52 bits per heavy atom. The minimum absolute atomic E-state index is 0.0235. The molecule has 0 saturated carbocycles. The Hall–Kier alpha value is -1.28. The first-order valence-electron chi connectivity index (χ1n) is 23.2. The quantitative estimate of drug-likeness (QED) is 0.0199. The predicted molar refractivity (Wildman–Crippen MR) is 236 cm³/mol. The third-order valence-electron chi connectivity index (χ3n) is 9.91. The number of ether oxygens (including phenoxy) is 2. The van der Waals surface area contributed by atoms with Crippen molar-refractivity contribution >= 4 is 13.8 Å². The van der Waals surface area contributed by atoms with Gasteiger partial charge in [0.2, 0.25) is 0 Å². The van der Waals surface area contributed by atoms with E-state index < -0.39 is 13.9 Å². The molecule has 0 N–H and O–H groups in total. The number of quaternary nitrogens is 1. The number of carbonyl (C=O) groups excluding carboxylic acids is 1. The highest BCUT2D eigenvalue weighted by atomic mass is 31.2. The van der Waals surface area contributed by atoms with E-state index in [1.54, 1.807) is 0 Å². The Morgan fingerprint density at radius 2 is 1.00 bits per heavy atom. The number of hydrogen-bond donors (Lipinski definition) is 0. The zero-order chi connectivity index (χ0) is 41.3. The summed E-state index contributed by atoms with van der Waals surface area (Å²) in [5.74, 6) is -0.340. The Labute approximate surface area is 346 Å². The lowest BCUT2D eigenvalue weighted by molar-refractivity contribution is -0.870. The first kappa shape index (κ1) is 54.7. The van der Waals surface area contributed by atoms with Gasteiger partial charge >= 0.3 is 5.97 Å². The lowest BCUT2D eigenvalue weighted by atomic mass is 10.1. The summed E-state index contributed by atoms with van der Waals surface area (Å²) in [5.41, 5.74) is 0. The number of unbranched alkanes of at least 4 members (excludes halogenated alkanes) is 23. The van der Waals surface area contributed by atoms with E-state index in [2.05, 4.69) is 50.3 Å². The van der Waals surface area contributed by atoms with Crippen molar-refractivity contribution in [2.75, 3.05) is 54.1 Å². The van der Waals surface area contributed by atoms with Crippen LogP contribution in [-0.2, 0) is 27.9 Å². The zero-order valence-electron chi connectivity index (χ0n) is 37.3. The SMILES string of the molecule is CCCC/C=C\C/C=C\CCCCCCCCOCC(COP(=O)([O-])OCC[N+](C)(C)C)OC(=O)CCCCCCCCCCC/C=C\CCCCCCCC. The molecule has 0 radical (unpaired) electrons. The van der Waals surface area contributed by atoms with Gasteiger partial charge < -0.3 is 27.9 Å². The lowest BCUT2D eigenvalue weighted by Gasteiger charge is -2.28. The smallest absolute Gasteiger partial charge is 0.306 e. The monoisotopic (exact) mass is 812 g/mol. The van der Waals surface area contributed by atoms with Crippen molar-refractivity contribution in [2.24, 2.45) is 0 Å². The molecule has 0 fully saturated rings. The van der Waals surface area contributed by atoms with Gasteiger partial charge in [0, 0.05) is 13.0 Å². The Kier molecular flexibility index (Phi) is 39.6. The predicted octanol–water partition coefficient (Wildman–Crippen LogP) is 13.1. The van der Waals surface area contributed by atoms with Gasteiger partial charge in [0.15, 0.2) is 0 Å². The molecular formula is C47H90NO7P. The molecule has 0 amide bonds. The molecule has 9 heteroatoms. The molecule has 330 valence electrons. The maximum atomic E-state index is 12.7. The zero-order valence-corrected chi connectivity index (χ0v) is 38.2. The van der Waals surface area contributed by atoms with E-state index in [9.17, 15) is 14.3 Å². The van der Waals surface area contributed by atoms with Crippen LogP contribution >= 0.6 is 7.82 Å². The molecular weight excluding hydrogens is 721 g/mol. The lowest BCUT2D eigenvalue weighted by Crippen LogP contribution is -2.37. The number of phosphoric ester groups is 1. The molecule has 0 aromatic carbocycles. The highest BCUT2D eigenvalue weighted by Gasteiger charge is 2.20. The second-order valence-corrected chi connectivity index (χ2v) is 18.2. The summed E-state index contributed by atoms with van der Waals surface area (Å²) in [6.45, 7) is 5.36. The molecule has 56 heavy (non-hydrogen) atoms. The number of allylic oxidation sites excluding steroid dienone is 6. The van der Waals surface area contributed by atoms with Crippen molar-refractivity contribution in [2.45, 2.75) is 206 Å². The summed E-state index contributed by atoms with van der Waals surface area (Å²) < 4.78 is 34.6. The molecule has 0 aromatic rings. The van der Waals surface area contributed by atoms with Gasteiger partial charge in [0.25, 0.3) is 7.82 Å². The fraction of sp³-hybridized carbons (Fsp3) is 0.851. The summed E-state index contributed by atoms with van der Waals surface area (Å²) in [5, 5.41) is 0. The van der Waals surface area contributed by atoms with E-state index in [-0.39, 0.29) is 25.8 Å². The van der Waals surface area contributed by atoms with Crippen LogP contribution in [0, 0.1) is 0 Å². The van der Waals surface area contributed by atoms with Crippen molar-refractivity contribution in [1.29, 1.82) is 0 Å². The number of esters is 1. The number of hydrogen-bond acceptors (Lipinski definition) is 7. The van der Waals surface area contributed by atoms with Crippen LogP contribution in [0.4, 0.5) is 0 Å². The number of carbonyl (C=O) groups is 1. The molecule has 0 bridgehead atoms. The topological polar surface area (TPSA) is 94.1 Å². The molecule has 0 heterocycles. The number of phosphoric acid groups is 1. The number of rotatable bonds is 43. The fourth-order valence-electron chi connectivity index (χ4n) is 6.26. The van der Waals surface area contributed by atoms with E-state index in [1.807, 2.05) is 21.1 Å². The van der Waals surface area contributed by atoms with Gasteiger partial charge in [-0.05, 0) is 64.2 Å². The van der Waals surface area contributed by atoms with E-state index in [1.165, 1.54) is 128 Å². The second-order valence-electron chi connectivity index (χ2n) is 16.8. The standard InChI is InChI=1S/C47H90NO7P/c1-6-8-10-12-14-16-18-20-22-23-24-25-26-28-30-32-34-36-38-40-47(49)55-46(45-54-56(50,51)53-43-41-48(3,4)5)44-52-42-39-37-35-33-31-29-27-21-19-17-15-13-11-9-7-2/h13,15,19-22,46H,6-12,14,16-18,23-45H2,1-5H3/b15-13-,21-19-,22-20-. The van der Waals surface area contributed by atoms with Crippen LogP contribution in [0.2, 0.25) is 0 Å². The van der Waals surface area contributed by atoms with Crippen LogP contribution in [-0.4, -0.2) is 70.7 Å². The molecule has 0 spiro atoms. The molecule has 0 saturated heterocycles. The Bertz CT molecular complexity index is 994. The number of nitrogens with zero attached hydrogens (tertiary/aromatic N) is 1. The maximum Gasteiger partial charge on any atom is 0.306 e. The van der Waals surface area contributed by atoms with E-state index in [0.29, 0.717) is 24.1 Å². The summed E-state index contributed by atoms with van der Waals surface area (Å²) in [4.78, 5) is 25.1. The Balaban J connectivity index is 4.20. The molecule has 0 aliphatic heterocycles. The summed E-state index contributed by atoms with van der Waals surface area (Å²) in [6, 6.07) is 0. The molecule has 2 atom stereocenters. The average molecular weight is 812 g/mol. The third kappa shape index (κ3) is 43.8. The normalized spacial score (nSPS) is 14.0. The molecule has 8 nitrogen and oxygen atoms in total. The van der Waals surface area contributed by atoms with Crippen LogP contribution in [0.5, 0.6) is 0 Å². The molecule has 0 aliphatic rings. The minimum atomic E-state index is -4.53. The van der Waals surface area contributed by atoms with Crippen LogP contribution in [0.3, 0.4) is 0 Å². The van der Waals surface area contributed by atoms with Gasteiger partial charge in [-0.1, -0.05) is 166 Å². The first-order chi connectivity index (χ1) is 27.1. The Morgan fingerprint density at radius 1 is 0.554 bits per heavy atom. The van der Waals surface area contributed by atoms with Gasteiger partial charge in [-0.3, -0.25) is 9.36 Å². The second kappa shape index (κ2) is 40.5. The van der Waals surface area contributed by atoms with Gasteiger partial charge in [-0.2, -0.15) is 0 Å². The van der Waals surface area contributed by atoms with E-state index in [4.69, 9.17) is 18.5 Å². The van der Waals surface area contributed by atoms with Crippen molar-refractivity contribution in [1.82, 2.24) is 0 Å². The summed E-state index contributed by atoms with van der Waals surface area (Å²) in [6.07, 6.45) is 47.2. The van der Waals surface area contributed by atoms with Crippen molar-refractivity contribution in [3.8, 4) is 0 Å². The molecule has 0 rings (SSSR count). The molecule has 2 unspecified atom stereocenters. The van der Waals surface area contributed by atoms with Gasteiger partial charge in [0.1, 0.15) is 19.3 Å². The van der Waals surface area contributed by atoms with Gasteiger partial charge in [-0.25, -0.2) is 0 Å². The van der Waals surface area contributed by atoms with Gasteiger partial charge in [-0.15, -0.1) is 0 Å². The highest BCUT2D eigenvalue weighted by Crippen LogP contribution is 2.38. The van der Waals surface area contributed by atoms with Crippen molar-refractivity contribution in [3.63, 3.8) is 0 Å². The summed E-state index contributed by atoms with van der Waals surface area (Å²) in [7, 11) is 1.35. The number of likely N-dealkylation sites (N-methyl/N-ethyl adjacent to an activating group) is 1. The maximum absolute atomic E-state index is 12.7. The minimum Gasteiger partial charge on any atom is -0.756 e. The van der Waals surface area contributed by atoms with Crippen LogP contribution in [0.15, 0.2) is 36.5 Å². The third-order valence-corrected chi connectivity index (χ3v) is 10.9. The fourth-order valence-corrected chi connectivity index (χ4v) is 6.99. The van der Waals surface area contributed by atoms with E-state index >= 15 is 0 Å². The van der Waals surface area contributed by atoms with Crippen molar-refractivity contribution in [3.05, 3.63) is 36.5 Å². The molecule has 0 aliphatic carbocycles. The van der Waals surface area contributed by atoms with Crippen LogP contribution < -0.4 is 4.89 Å². The largest absolute Gasteiger partial charge is 0.756 e. The highest BCUT2D eigenvalue weighted by molar-refractivity contribution is 7.45. The first-order valence-corrected chi connectivity index (χ1v) is 24.7. The van der Waals surface area contributed by atoms with Crippen LogP contribution in [0.25, 0.3) is 0 Å². The average Bonchev–Trinajstić information content (AvgIpc) is 3.15. The van der Waals surface area contributed by atoms with Crippen LogP contribution in [0.1, 0.15) is 200 Å². The summed E-state index contributed by atoms with van der Waals surface area (Å²) >= 11 is 0. The van der Waals surface area contributed by atoms with Crippen molar-refractivity contribution < 1.29 is 37.3 Å². The molecule has 0 aromatic heterocycles. The van der Waals surface area contributed by atoms with Gasteiger partial charge in [0.05, 0.1) is 34.4 Å².